The van der Waals surface area contributed by atoms with Crippen LogP contribution in [0.2, 0.25) is 0 Å². The summed E-state index contributed by atoms with van der Waals surface area (Å²) in [6.45, 7) is 5.15. The smallest absolute Gasteiger partial charge is 0.225 e. The molecule has 34 heavy (non-hydrogen) atoms. The van der Waals surface area contributed by atoms with Crippen LogP contribution in [-0.2, 0) is 33.4 Å². The second-order valence-corrected chi connectivity index (χ2v) is 8.99. The van der Waals surface area contributed by atoms with Crippen LogP contribution in [0.3, 0.4) is 0 Å². The maximum absolute atomic E-state index is 12.0. The number of hydrogen-bond acceptors (Lipinski definition) is 7. The van der Waals surface area contributed by atoms with Gasteiger partial charge >= 0.3 is 0 Å². The normalized spacial score (nSPS) is 22.6. The van der Waals surface area contributed by atoms with Crippen LogP contribution in [0.25, 0.3) is 0 Å². The van der Waals surface area contributed by atoms with Crippen LogP contribution in [0.5, 0.6) is 0 Å². The molecule has 0 spiro atoms. The molecule has 0 aromatic carbocycles. The van der Waals surface area contributed by atoms with E-state index in [-0.39, 0.29) is 42.0 Å². The van der Waals surface area contributed by atoms with E-state index in [1.54, 1.807) is 11.9 Å². The van der Waals surface area contributed by atoms with Crippen LogP contribution in [-0.4, -0.2) is 94.2 Å². The van der Waals surface area contributed by atoms with E-state index in [0.29, 0.717) is 71.4 Å². The number of nitrogens with one attached hydrogen (secondary N) is 2. The molecule has 2 fully saturated rings. The molecular formula is C24H41N3O7. The Morgan fingerprint density at radius 2 is 1.53 bits per heavy atom. The Morgan fingerprint density at radius 3 is 2.12 bits per heavy atom. The van der Waals surface area contributed by atoms with E-state index < -0.39 is 0 Å². The second-order valence-electron chi connectivity index (χ2n) is 8.99. The van der Waals surface area contributed by atoms with Crippen molar-refractivity contribution in [3.63, 3.8) is 0 Å². The fourth-order valence-corrected chi connectivity index (χ4v) is 4.28. The van der Waals surface area contributed by atoms with Crippen molar-refractivity contribution in [3.05, 3.63) is 0 Å². The summed E-state index contributed by atoms with van der Waals surface area (Å²) in [6, 6.07) is 0.165. The lowest BCUT2D eigenvalue weighted by Gasteiger charge is -2.28. The van der Waals surface area contributed by atoms with Crippen molar-refractivity contribution in [2.24, 2.45) is 11.8 Å². The summed E-state index contributed by atoms with van der Waals surface area (Å²) in [4.78, 5) is 48.8. The highest BCUT2D eigenvalue weighted by atomic mass is 16.5. The molecule has 2 aliphatic rings. The lowest BCUT2D eigenvalue weighted by molar-refractivity contribution is -0.128. The minimum Gasteiger partial charge on any atom is -0.379 e. The van der Waals surface area contributed by atoms with E-state index in [2.05, 4.69) is 10.6 Å². The molecular weight excluding hydrogens is 442 g/mol. The van der Waals surface area contributed by atoms with E-state index in [1.807, 2.05) is 6.92 Å². The molecule has 0 bridgehead atoms. The number of Topliss-reactive ketones (excluding diaryl/α,β-unsaturated/α-hetero) is 1. The molecule has 1 aliphatic carbocycles. The quantitative estimate of drug-likeness (QED) is 0.309. The second kappa shape index (κ2) is 15.8. The maximum Gasteiger partial charge on any atom is 0.225 e. The van der Waals surface area contributed by atoms with Gasteiger partial charge < -0.3 is 29.7 Å². The van der Waals surface area contributed by atoms with Gasteiger partial charge in [0.2, 0.25) is 17.7 Å². The van der Waals surface area contributed by atoms with Crippen LogP contribution < -0.4 is 10.6 Å². The van der Waals surface area contributed by atoms with Crippen molar-refractivity contribution in [2.75, 3.05) is 59.8 Å². The molecule has 1 heterocycles. The van der Waals surface area contributed by atoms with E-state index in [9.17, 15) is 19.2 Å². The fourth-order valence-electron chi connectivity index (χ4n) is 4.28. The number of carbonyl (C=O) groups excluding carboxylic acids is 4. The van der Waals surface area contributed by atoms with Gasteiger partial charge in [-0.1, -0.05) is 6.92 Å². The first-order valence-corrected chi connectivity index (χ1v) is 12.5. The first-order valence-electron chi connectivity index (χ1n) is 12.5. The molecule has 10 nitrogen and oxygen atoms in total. The average molecular weight is 484 g/mol. The Labute approximate surface area is 202 Å². The van der Waals surface area contributed by atoms with Gasteiger partial charge in [-0.2, -0.15) is 0 Å². The Bertz CT molecular complexity index is 665. The zero-order valence-electron chi connectivity index (χ0n) is 20.6. The number of ether oxygens (including phenoxy) is 3. The highest BCUT2D eigenvalue weighted by molar-refractivity contribution is 5.89. The summed E-state index contributed by atoms with van der Waals surface area (Å²) >= 11 is 0. The zero-order chi connectivity index (χ0) is 24.8. The minimum absolute atomic E-state index is 0.000323. The Morgan fingerprint density at radius 1 is 0.912 bits per heavy atom. The molecule has 1 unspecified atom stereocenters. The molecule has 10 heteroatoms. The molecule has 194 valence electrons. The lowest BCUT2D eigenvalue weighted by Crippen LogP contribution is -2.39. The van der Waals surface area contributed by atoms with Crippen LogP contribution >= 0.6 is 0 Å². The van der Waals surface area contributed by atoms with Gasteiger partial charge in [-0.05, 0) is 25.7 Å². The number of ketones is 1. The molecule has 0 aromatic rings. The topological polar surface area (TPSA) is 123 Å². The Balaban J connectivity index is 1.34. The molecule has 0 aromatic heterocycles. The molecule has 1 saturated heterocycles. The summed E-state index contributed by atoms with van der Waals surface area (Å²) in [5.74, 6) is 0.107. The third kappa shape index (κ3) is 10.5. The van der Waals surface area contributed by atoms with Crippen molar-refractivity contribution < 1.29 is 33.4 Å². The fraction of sp³-hybridized carbons (Fsp3) is 0.833. The van der Waals surface area contributed by atoms with Gasteiger partial charge in [0.1, 0.15) is 5.78 Å². The number of amides is 3. The molecule has 3 amide bonds. The Kier molecular flexibility index (Phi) is 13.1. The van der Waals surface area contributed by atoms with E-state index in [4.69, 9.17) is 14.2 Å². The minimum atomic E-state index is -0.274. The van der Waals surface area contributed by atoms with Crippen LogP contribution in [0, 0.1) is 11.8 Å². The number of likely N-dealkylation sites (tertiary alicyclic amines) is 1. The summed E-state index contributed by atoms with van der Waals surface area (Å²) in [6.07, 6.45) is 4.64. The van der Waals surface area contributed by atoms with E-state index in [0.717, 1.165) is 25.7 Å². The van der Waals surface area contributed by atoms with Crippen LogP contribution in [0.15, 0.2) is 0 Å². The van der Waals surface area contributed by atoms with Crippen LogP contribution in [0.1, 0.15) is 51.9 Å². The van der Waals surface area contributed by atoms with Crippen molar-refractivity contribution in [1.82, 2.24) is 15.5 Å². The van der Waals surface area contributed by atoms with Gasteiger partial charge in [0.05, 0.1) is 45.6 Å². The van der Waals surface area contributed by atoms with Gasteiger partial charge in [-0.3, -0.25) is 19.2 Å². The standard InChI is InChI=1S/C24H41N3O7/c1-3-21(28)18-4-6-20(7-5-18)26-22(29)8-10-32-12-14-34-15-13-33-11-9-25-24(31)19-16-23(30)27(2)17-19/h18-20H,3-17H2,1-2H3,(H,25,31)(H,26,29). The van der Waals surface area contributed by atoms with Gasteiger partial charge in [0.25, 0.3) is 0 Å². The first kappa shape index (κ1) is 28.2. The van der Waals surface area contributed by atoms with Crippen molar-refractivity contribution >= 4 is 23.5 Å². The van der Waals surface area contributed by atoms with Gasteiger partial charge in [0.15, 0.2) is 0 Å². The monoisotopic (exact) mass is 483 g/mol. The number of nitrogens with zero attached hydrogens (tertiary/aromatic N) is 1. The predicted octanol–water partition coefficient (Wildman–Crippen LogP) is 0.675. The maximum atomic E-state index is 12.0. The third-order valence-electron chi connectivity index (χ3n) is 6.37. The summed E-state index contributed by atoms with van der Waals surface area (Å²) in [7, 11) is 1.70. The molecule has 1 aliphatic heterocycles. The van der Waals surface area contributed by atoms with Crippen molar-refractivity contribution in [1.29, 1.82) is 0 Å². The molecule has 2 rings (SSSR count). The highest BCUT2D eigenvalue weighted by Gasteiger charge is 2.31. The molecule has 1 saturated carbocycles. The molecule has 0 radical (unpaired) electrons. The SMILES string of the molecule is CCC(=O)C1CCC(NC(=O)CCOCCOCCOCCNC(=O)C2CC(=O)N(C)C2)CC1. The van der Waals surface area contributed by atoms with Gasteiger partial charge in [-0.25, -0.2) is 0 Å². The van der Waals surface area contributed by atoms with Crippen molar-refractivity contribution in [3.8, 4) is 0 Å². The summed E-state index contributed by atoms with van der Waals surface area (Å²) in [5.41, 5.74) is 0. The predicted molar refractivity (Wildman–Crippen MR) is 125 cm³/mol. The van der Waals surface area contributed by atoms with Gasteiger partial charge in [-0.15, -0.1) is 0 Å². The van der Waals surface area contributed by atoms with Gasteiger partial charge in [0, 0.05) is 51.4 Å². The molecule has 2 N–H and O–H groups in total. The summed E-state index contributed by atoms with van der Waals surface area (Å²) < 4.78 is 16.3. The van der Waals surface area contributed by atoms with Crippen molar-refractivity contribution in [2.45, 2.75) is 57.9 Å². The average Bonchev–Trinajstić information content (AvgIpc) is 3.17. The molecule has 1 atom stereocenters. The first-order chi connectivity index (χ1) is 16.4. The van der Waals surface area contributed by atoms with E-state index >= 15 is 0 Å². The number of rotatable bonds is 16. The number of hydrogen-bond donors (Lipinski definition) is 2. The van der Waals surface area contributed by atoms with Crippen LogP contribution in [0.4, 0.5) is 0 Å². The Hall–Kier alpha value is -2.04. The lowest BCUT2D eigenvalue weighted by atomic mass is 9.83. The number of carbonyl (C=O) groups is 4. The highest BCUT2D eigenvalue weighted by Crippen LogP contribution is 2.25. The third-order valence-corrected chi connectivity index (χ3v) is 6.37. The summed E-state index contributed by atoms with van der Waals surface area (Å²) in [5, 5.41) is 5.82. The largest absolute Gasteiger partial charge is 0.379 e. The zero-order valence-corrected chi connectivity index (χ0v) is 20.6. The van der Waals surface area contributed by atoms with E-state index in [1.165, 1.54) is 0 Å².